The second-order valence-electron chi connectivity index (χ2n) is 1.75. The molecule has 1 aliphatic rings. The minimum Gasteiger partial charge on any atom is -0.323 e. The lowest BCUT2D eigenvalue weighted by Crippen LogP contribution is -1.80. The first-order valence-electron chi connectivity index (χ1n) is 2.88. The number of allylic oxidation sites excluding steroid dienone is 2. The van der Waals surface area contributed by atoms with Crippen LogP contribution in [0.15, 0.2) is 23.8 Å². The Bertz CT molecular complexity index is 177. The fourth-order valence-electron chi connectivity index (χ4n) is 0.677. The van der Waals surface area contributed by atoms with Crippen molar-refractivity contribution in [2.24, 2.45) is 0 Å². The molecule has 0 spiro atoms. The summed E-state index contributed by atoms with van der Waals surface area (Å²) in [7, 11) is -2.43. The van der Waals surface area contributed by atoms with Gasteiger partial charge in [-0.15, -0.1) is 0 Å². The fraction of sp³-hybridized carbons (Fsp3) is 0.333. The highest BCUT2D eigenvalue weighted by atomic mass is 31.2. The molecule has 0 bridgehead atoms. The molecular weight excluding hydrogens is 135 g/mol. The van der Waals surface area contributed by atoms with Gasteiger partial charge in [0.2, 0.25) is 7.37 Å². The van der Waals surface area contributed by atoms with Crippen LogP contribution in [0.1, 0.15) is 6.92 Å². The van der Waals surface area contributed by atoms with Gasteiger partial charge in [0, 0.05) is 11.6 Å². The van der Waals surface area contributed by atoms with Crippen molar-refractivity contribution in [3.8, 4) is 0 Å². The highest BCUT2D eigenvalue weighted by molar-refractivity contribution is 7.65. The summed E-state index contributed by atoms with van der Waals surface area (Å²) in [6.45, 7) is 2.34. The van der Waals surface area contributed by atoms with Gasteiger partial charge in [0.25, 0.3) is 0 Å². The highest BCUT2D eigenvalue weighted by Gasteiger charge is 2.15. The second kappa shape index (κ2) is 2.51. The average Bonchev–Trinajstić information content (AvgIpc) is 2.16. The molecule has 2 nitrogen and oxygen atoms in total. The Morgan fingerprint density at radius 1 is 1.44 bits per heavy atom. The number of hydrogen-bond acceptors (Lipinski definition) is 2. The van der Waals surface area contributed by atoms with Gasteiger partial charge in [-0.2, -0.15) is 0 Å². The van der Waals surface area contributed by atoms with Crippen molar-refractivity contribution in [3.63, 3.8) is 0 Å². The SMILES string of the molecule is CCOP1(=O)C=CC=C1. The summed E-state index contributed by atoms with van der Waals surface area (Å²) in [6.07, 6.45) is 3.49. The molecule has 50 valence electrons. The molecule has 0 atom stereocenters. The maximum atomic E-state index is 11.2. The number of rotatable bonds is 2. The topological polar surface area (TPSA) is 26.3 Å². The molecule has 0 amide bonds. The standard InChI is InChI=1S/C6H9O2P/c1-2-8-9(7)5-3-4-6-9/h3-6H,2H2,1H3. The third-order valence-corrected chi connectivity index (χ3v) is 2.87. The van der Waals surface area contributed by atoms with Crippen molar-refractivity contribution in [1.82, 2.24) is 0 Å². The number of hydrogen-bond donors (Lipinski definition) is 0. The highest BCUT2D eigenvalue weighted by Crippen LogP contribution is 2.52. The van der Waals surface area contributed by atoms with Gasteiger partial charge < -0.3 is 4.52 Å². The van der Waals surface area contributed by atoms with E-state index in [2.05, 4.69) is 0 Å². The molecule has 0 aromatic rings. The van der Waals surface area contributed by atoms with Crippen molar-refractivity contribution in [2.45, 2.75) is 6.92 Å². The van der Waals surface area contributed by atoms with Crippen LogP contribution in [0, 0.1) is 0 Å². The van der Waals surface area contributed by atoms with E-state index in [-0.39, 0.29) is 0 Å². The van der Waals surface area contributed by atoms with E-state index < -0.39 is 7.37 Å². The lowest BCUT2D eigenvalue weighted by atomic mass is 10.6. The van der Waals surface area contributed by atoms with E-state index in [4.69, 9.17) is 4.52 Å². The van der Waals surface area contributed by atoms with Gasteiger partial charge in [0.05, 0.1) is 6.61 Å². The summed E-state index contributed by atoms with van der Waals surface area (Å²) in [4.78, 5) is 0. The van der Waals surface area contributed by atoms with Crippen LogP contribution in [0.2, 0.25) is 0 Å². The third-order valence-electron chi connectivity index (χ3n) is 1.03. The molecule has 1 rings (SSSR count). The summed E-state index contributed by atoms with van der Waals surface area (Å²) < 4.78 is 16.2. The van der Waals surface area contributed by atoms with Gasteiger partial charge >= 0.3 is 0 Å². The van der Waals surface area contributed by atoms with Crippen molar-refractivity contribution in [2.75, 3.05) is 6.61 Å². The predicted molar refractivity (Wildman–Crippen MR) is 37.5 cm³/mol. The zero-order valence-corrected chi connectivity index (χ0v) is 6.17. The minimum atomic E-state index is -2.43. The normalized spacial score (nSPS) is 21.0. The molecule has 0 aliphatic carbocycles. The van der Waals surface area contributed by atoms with E-state index in [0.717, 1.165) is 0 Å². The van der Waals surface area contributed by atoms with Gasteiger partial charge in [-0.1, -0.05) is 12.2 Å². The minimum absolute atomic E-state index is 0.506. The van der Waals surface area contributed by atoms with Crippen LogP contribution in [0.25, 0.3) is 0 Å². The fourth-order valence-corrected chi connectivity index (χ4v) is 2.03. The molecule has 0 radical (unpaired) electrons. The van der Waals surface area contributed by atoms with Crippen molar-refractivity contribution in [1.29, 1.82) is 0 Å². The molecule has 0 aromatic carbocycles. The summed E-state index contributed by atoms with van der Waals surface area (Å²) >= 11 is 0. The summed E-state index contributed by atoms with van der Waals surface area (Å²) in [5.41, 5.74) is 0. The second-order valence-corrected chi connectivity index (χ2v) is 3.89. The predicted octanol–water partition coefficient (Wildman–Crippen LogP) is 2.34. The van der Waals surface area contributed by atoms with Crippen LogP contribution < -0.4 is 0 Å². The van der Waals surface area contributed by atoms with Gasteiger partial charge in [-0.3, -0.25) is 4.57 Å². The average molecular weight is 144 g/mol. The van der Waals surface area contributed by atoms with E-state index >= 15 is 0 Å². The van der Waals surface area contributed by atoms with Crippen molar-refractivity contribution >= 4 is 7.37 Å². The quantitative estimate of drug-likeness (QED) is 0.556. The summed E-state index contributed by atoms with van der Waals surface area (Å²) in [6, 6.07) is 0. The first-order valence-corrected chi connectivity index (χ1v) is 4.64. The molecule has 0 aromatic heterocycles. The Kier molecular flexibility index (Phi) is 1.89. The molecular formula is C6H9O2P. The van der Waals surface area contributed by atoms with E-state index in [0.29, 0.717) is 6.61 Å². The van der Waals surface area contributed by atoms with Gasteiger partial charge in [-0.25, -0.2) is 0 Å². The third kappa shape index (κ3) is 1.54. The van der Waals surface area contributed by atoms with Crippen LogP contribution in [-0.4, -0.2) is 6.61 Å². The maximum Gasteiger partial charge on any atom is 0.247 e. The van der Waals surface area contributed by atoms with Crippen molar-refractivity contribution in [3.05, 3.63) is 23.8 Å². The molecule has 1 heterocycles. The Morgan fingerprint density at radius 3 is 2.44 bits per heavy atom. The zero-order chi connectivity index (χ0) is 6.74. The van der Waals surface area contributed by atoms with Gasteiger partial charge in [-0.05, 0) is 6.92 Å². The smallest absolute Gasteiger partial charge is 0.247 e. The van der Waals surface area contributed by atoms with Crippen LogP contribution in [0.3, 0.4) is 0 Å². The molecule has 9 heavy (non-hydrogen) atoms. The summed E-state index contributed by atoms with van der Waals surface area (Å²) in [5.74, 6) is 3.22. The molecule has 0 N–H and O–H groups in total. The lowest BCUT2D eigenvalue weighted by molar-refractivity contribution is 0.347. The Labute approximate surface area is 54.7 Å². The molecule has 0 saturated heterocycles. The van der Waals surface area contributed by atoms with E-state index in [1.165, 1.54) is 0 Å². The maximum absolute atomic E-state index is 11.2. The van der Waals surface area contributed by atoms with E-state index in [1.807, 2.05) is 6.92 Å². The first-order chi connectivity index (χ1) is 4.27. The Hall–Kier alpha value is -0.330. The lowest BCUT2D eigenvalue weighted by Gasteiger charge is -2.03. The summed E-state index contributed by atoms with van der Waals surface area (Å²) in [5, 5.41) is 0. The van der Waals surface area contributed by atoms with Crippen LogP contribution >= 0.6 is 7.37 Å². The molecule has 3 heteroatoms. The Balaban J connectivity index is 2.65. The monoisotopic (exact) mass is 144 g/mol. The zero-order valence-electron chi connectivity index (χ0n) is 5.28. The van der Waals surface area contributed by atoms with Gasteiger partial charge in [0.15, 0.2) is 0 Å². The Morgan fingerprint density at radius 2 is 2.00 bits per heavy atom. The van der Waals surface area contributed by atoms with Crippen LogP contribution in [0.5, 0.6) is 0 Å². The molecule has 1 aliphatic heterocycles. The molecule has 0 fully saturated rings. The largest absolute Gasteiger partial charge is 0.323 e. The van der Waals surface area contributed by atoms with E-state index in [9.17, 15) is 4.57 Å². The van der Waals surface area contributed by atoms with Gasteiger partial charge in [0.1, 0.15) is 0 Å². The van der Waals surface area contributed by atoms with Crippen LogP contribution in [0.4, 0.5) is 0 Å². The molecule has 0 unspecified atom stereocenters. The van der Waals surface area contributed by atoms with Crippen molar-refractivity contribution < 1.29 is 9.09 Å². The first kappa shape index (κ1) is 6.79. The molecule has 0 saturated carbocycles. The van der Waals surface area contributed by atoms with E-state index in [1.54, 1.807) is 23.8 Å². The van der Waals surface area contributed by atoms with Crippen LogP contribution in [-0.2, 0) is 9.09 Å².